The molecule has 1 fully saturated rings. The Morgan fingerprint density at radius 2 is 2.11 bits per heavy atom. The third-order valence-electron chi connectivity index (χ3n) is 3.83. The lowest BCUT2D eigenvalue weighted by Gasteiger charge is -2.28. The highest BCUT2D eigenvalue weighted by Crippen LogP contribution is 2.26. The summed E-state index contributed by atoms with van der Waals surface area (Å²) in [6.07, 6.45) is 9.33. The van der Waals surface area contributed by atoms with Crippen molar-refractivity contribution in [3.8, 4) is 0 Å². The van der Waals surface area contributed by atoms with E-state index in [2.05, 4.69) is 16.9 Å². The predicted octanol–water partition coefficient (Wildman–Crippen LogP) is 3.22. The van der Waals surface area contributed by atoms with Gasteiger partial charge in [-0.15, -0.1) is 0 Å². The third kappa shape index (κ3) is 3.09. The van der Waals surface area contributed by atoms with E-state index in [1.165, 1.54) is 32.1 Å². The van der Waals surface area contributed by atoms with Gasteiger partial charge < -0.3 is 4.90 Å². The molecule has 0 spiro atoms. The van der Waals surface area contributed by atoms with Crippen molar-refractivity contribution in [3.63, 3.8) is 0 Å². The summed E-state index contributed by atoms with van der Waals surface area (Å²) in [5.41, 5.74) is 1.74. The van der Waals surface area contributed by atoms with E-state index in [4.69, 9.17) is 0 Å². The molecule has 0 aliphatic heterocycles. The molecule has 0 radical (unpaired) electrons. The Hall–Kier alpha value is -1.38. The second kappa shape index (κ2) is 5.98. The molecule has 1 aromatic rings. The fourth-order valence-corrected chi connectivity index (χ4v) is 2.90. The summed E-state index contributed by atoms with van der Waals surface area (Å²) < 4.78 is 0. The number of pyridine rings is 1. The molecule has 1 aromatic heterocycles. The lowest BCUT2D eigenvalue weighted by atomic mass is 9.89. The lowest BCUT2D eigenvalue weighted by Crippen LogP contribution is -2.28. The van der Waals surface area contributed by atoms with Crippen LogP contribution in [0.4, 0.5) is 5.82 Å². The maximum atomic E-state index is 10.7. The fraction of sp³-hybridized carbons (Fsp3) is 0.600. The normalized spacial score (nSPS) is 16.6. The molecule has 0 saturated heterocycles. The highest BCUT2D eigenvalue weighted by molar-refractivity contribution is 5.75. The standard InChI is InChI=1S/C15H22N2O/c1-12-8-14(11-18)9-16-15(12)17(2)10-13-6-4-3-5-7-13/h8-9,11,13H,3-7,10H2,1-2H3. The van der Waals surface area contributed by atoms with E-state index in [1.54, 1.807) is 6.20 Å². The number of hydrogen-bond acceptors (Lipinski definition) is 3. The van der Waals surface area contributed by atoms with E-state index in [1.807, 2.05) is 13.0 Å². The molecule has 0 bridgehead atoms. The van der Waals surface area contributed by atoms with Crippen LogP contribution < -0.4 is 4.90 Å². The average molecular weight is 246 g/mol. The SMILES string of the molecule is Cc1cc(C=O)cnc1N(C)CC1CCCCC1. The van der Waals surface area contributed by atoms with Crippen molar-refractivity contribution < 1.29 is 4.79 Å². The van der Waals surface area contributed by atoms with Gasteiger partial charge in [0, 0.05) is 25.4 Å². The summed E-state index contributed by atoms with van der Waals surface area (Å²) in [7, 11) is 2.10. The van der Waals surface area contributed by atoms with E-state index < -0.39 is 0 Å². The molecule has 1 aliphatic rings. The highest BCUT2D eigenvalue weighted by atomic mass is 16.1. The Morgan fingerprint density at radius 3 is 2.72 bits per heavy atom. The van der Waals surface area contributed by atoms with Crippen molar-refractivity contribution in [1.82, 2.24) is 4.98 Å². The number of carbonyl (C=O) groups excluding carboxylic acids is 1. The number of aromatic nitrogens is 1. The number of rotatable bonds is 4. The van der Waals surface area contributed by atoms with Gasteiger partial charge in [0.1, 0.15) is 5.82 Å². The maximum Gasteiger partial charge on any atom is 0.151 e. The van der Waals surface area contributed by atoms with Gasteiger partial charge in [-0.2, -0.15) is 0 Å². The van der Waals surface area contributed by atoms with Crippen molar-refractivity contribution in [3.05, 3.63) is 23.4 Å². The molecule has 0 aromatic carbocycles. The first kappa shape index (κ1) is 13.1. The number of carbonyl (C=O) groups is 1. The monoisotopic (exact) mass is 246 g/mol. The minimum Gasteiger partial charge on any atom is -0.359 e. The second-order valence-corrected chi connectivity index (χ2v) is 5.41. The van der Waals surface area contributed by atoms with Crippen LogP contribution in [0.1, 0.15) is 48.0 Å². The maximum absolute atomic E-state index is 10.7. The molecule has 3 heteroatoms. The molecular formula is C15H22N2O. The van der Waals surface area contributed by atoms with Gasteiger partial charge in [0.15, 0.2) is 6.29 Å². The van der Waals surface area contributed by atoms with E-state index in [0.717, 1.165) is 30.1 Å². The van der Waals surface area contributed by atoms with Crippen molar-refractivity contribution in [2.24, 2.45) is 5.92 Å². The van der Waals surface area contributed by atoms with Gasteiger partial charge in [-0.3, -0.25) is 4.79 Å². The van der Waals surface area contributed by atoms with Crippen molar-refractivity contribution in [2.75, 3.05) is 18.5 Å². The summed E-state index contributed by atoms with van der Waals surface area (Å²) in [5, 5.41) is 0. The van der Waals surface area contributed by atoms with Crippen LogP contribution in [0.3, 0.4) is 0 Å². The zero-order valence-electron chi connectivity index (χ0n) is 11.4. The lowest BCUT2D eigenvalue weighted by molar-refractivity contribution is 0.112. The molecular weight excluding hydrogens is 224 g/mol. The molecule has 0 N–H and O–H groups in total. The Balaban J connectivity index is 2.03. The Kier molecular flexibility index (Phi) is 4.34. The Bertz CT molecular complexity index is 411. The number of anilines is 1. The largest absolute Gasteiger partial charge is 0.359 e. The van der Waals surface area contributed by atoms with Gasteiger partial charge in [-0.25, -0.2) is 4.98 Å². The first-order chi connectivity index (χ1) is 8.70. The van der Waals surface area contributed by atoms with Gasteiger partial charge >= 0.3 is 0 Å². The van der Waals surface area contributed by atoms with Gasteiger partial charge in [0.2, 0.25) is 0 Å². The molecule has 98 valence electrons. The van der Waals surface area contributed by atoms with Crippen LogP contribution in [0.25, 0.3) is 0 Å². The molecule has 3 nitrogen and oxygen atoms in total. The quantitative estimate of drug-likeness (QED) is 0.765. The average Bonchev–Trinajstić information content (AvgIpc) is 2.39. The number of aldehydes is 1. The van der Waals surface area contributed by atoms with Crippen LogP contribution in [-0.2, 0) is 0 Å². The van der Waals surface area contributed by atoms with Gasteiger partial charge in [0.05, 0.1) is 0 Å². The molecule has 0 amide bonds. The number of nitrogens with zero attached hydrogens (tertiary/aromatic N) is 2. The molecule has 0 unspecified atom stereocenters. The number of hydrogen-bond donors (Lipinski definition) is 0. The van der Waals surface area contributed by atoms with Crippen molar-refractivity contribution >= 4 is 12.1 Å². The van der Waals surface area contributed by atoms with E-state index in [9.17, 15) is 4.79 Å². The smallest absolute Gasteiger partial charge is 0.151 e. The van der Waals surface area contributed by atoms with Gasteiger partial charge in [0.25, 0.3) is 0 Å². The third-order valence-corrected chi connectivity index (χ3v) is 3.83. The zero-order valence-corrected chi connectivity index (χ0v) is 11.4. The minimum absolute atomic E-state index is 0.655. The Morgan fingerprint density at radius 1 is 1.39 bits per heavy atom. The number of aryl methyl sites for hydroxylation is 1. The van der Waals surface area contributed by atoms with Crippen LogP contribution in [0.2, 0.25) is 0 Å². The Labute approximate surface area is 109 Å². The summed E-state index contributed by atoms with van der Waals surface area (Å²) in [6.45, 7) is 3.10. The van der Waals surface area contributed by atoms with Gasteiger partial charge in [-0.1, -0.05) is 19.3 Å². The van der Waals surface area contributed by atoms with E-state index in [-0.39, 0.29) is 0 Å². The summed E-state index contributed by atoms with van der Waals surface area (Å²) in [4.78, 5) is 17.3. The minimum atomic E-state index is 0.655. The van der Waals surface area contributed by atoms with Crippen LogP contribution >= 0.6 is 0 Å². The molecule has 0 atom stereocenters. The molecule has 2 rings (SSSR count). The summed E-state index contributed by atoms with van der Waals surface area (Å²) >= 11 is 0. The molecule has 1 saturated carbocycles. The van der Waals surface area contributed by atoms with Crippen molar-refractivity contribution in [1.29, 1.82) is 0 Å². The molecule has 18 heavy (non-hydrogen) atoms. The molecule has 1 heterocycles. The predicted molar refractivity (Wildman–Crippen MR) is 74.2 cm³/mol. The van der Waals surface area contributed by atoms with Crippen LogP contribution in [0.15, 0.2) is 12.3 Å². The van der Waals surface area contributed by atoms with E-state index in [0.29, 0.717) is 5.56 Å². The fourth-order valence-electron chi connectivity index (χ4n) is 2.90. The summed E-state index contributed by atoms with van der Waals surface area (Å²) in [5.74, 6) is 1.81. The zero-order chi connectivity index (χ0) is 13.0. The molecule has 1 aliphatic carbocycles. The van der Waals surface area contributed by atoms with Gasteiger partial charge in [-0.05, 0) is 37.3 Å². The van der Waals surface area contributed by atoms with Crippen LogP contribution in [-0.4, -0.2) is 24.9 Å². The van der Waals surface area contributed by atoms with Crippen molar-refractivity contribution in [2.45, 2.75) is 39.0 Å². The van der Waals surface area contributed by atoms with E-state index >= 15 is 0 Å². The van der Waals surface area contributed by atoms with Crippen LogP contribution in [0.5, 0.6) is 0 Å². The second-order valence-electron chi connectivity index (χ2n) is 5.41. The first-order valence-electron chi connectivity index (χ1n) is 6.83. The summed E-state index contributed by atoms with van der Waals surface area (Å²) in [6, 6.07) is 1.91. The topological polar surface area (TPSA) is 33.2 Å². The van der Waals surface area contributed by atoms with Crippen LogP contribution in [0, 0.1) is 12.8 Å². The highest BCUT2D eigenvalue weighted by Gasteiger charge is 2.17. The first-order valence-corrected chi connectivity index (χ1v) is 6.83.